The SMILES string of the molecule is CC[C@H](C=O)C1C[C@@H]2c3c(c4ccccc4n3C)C[C@H]([C@H]1C1OCCO1)N2Cc1ccccc1. The molecule has 4 heterocycles. The molecule has 3 aliphatic rings. The molecule has 5 atom stereocenters. The Labute approximate surface area is 201 Å². The minimum Gasteiger partial charge on any atom is -0.350 e. The summed E-state index contributed by atoms with van der Waals surface area (Å²) in [6.45, 7) is 4.31. The zero-order valence-electron chi connectivity index (χ0n) is 20.1. The second-order valence-electron chi connectivity index (χ2n) is 10.2. The predicted octanol–water partition coefficient (Wildman–Crippen LogP) is 4.88. The summed E-state index contributed by atoms with van der Waals surface area (Å²) < 4.78 is 14.7. The number of carbonyl (C=O) groups is 1. The van der Waals surface area contributed by atoms with Crippen LogP contribution in [0.5, 0.6) is 0 Å². The van der Waals surface area contributed by atoms with Gasteiger partial charge in [-0.3, -0.25) is 4.90 Å². The van der Waals surface area contributed by atoms with E-state index in [1.165, 1.54) is 34.0 Å². The van der Waals surface area contributed by atoms with Crippen molar-refractivity contribution in [3.63, 3.8) is 0 Å². The van der Waals surface area contributed by atoms with E-state index in [-0.39, 0.29) is 36.1 Å². The van der Waals surface area contributed by atoms with E-state index in [0.717, 1.165) is 25.8 Å². The van der Waals surface area contributed by atoms with Gasteiger partial charge >= 0.3 is 0 Å². The van der Waals surface area contributed by atoms with Crippen LogP contribution >= 0.6 is 0 Å². The van der Waals surface area contributed by atoms with Gasteiger partial charge in [0.1, 0.15) is 6.29 Å². The van der Waals surface area contributed by atoms with E-state index in [1.54, 1.807) is 0 Å². The van der Waals surface area contributed by atoms with Gasteiger partial charge in [0.05, 0.1) is 19.3 Å². The Morgan fingerprint density at radius 2 is 1.79 bits per heavy atom. The number of fused-ring (bicyclic) bond motifs is 6. The molecule has 0 saturated carbocycles. The molecule has 0 aliphatic carbocycles. The largest absolute Gasteiger partial charge is 0.350 e. The van der Waals surface area contributed by atoms with Gasteiger partial charge in [-0.2, -0.15) is 0 Å². The number of carbonyl (C=O) groups excluding carboxylic acids is 1. The molecule has 178 valence electrons. The molecule has 1 aromatic heterocycles. The Bertz CT molecular complexity index is 1170. The molecule has 0 amide bonds. The zero-order chi connectivity index (χ0) is 23.2. The zero-order valence-corrected chi connectivity index (χ0v) is 20.1. The first kappa shape index (κ1) is 22.0. The number of benzene rings is 2. The van der Waals surface area contributed by atoms with Crippen molar-refractivity contribution in [1.29, 1.82) is 0 Å². The number of aldehydes is 1. The number of nitrogens with zero attached hydrogens (tertiary/aromatic N) is 2. The van der Waals surface area contributed by atoms with Crippen LogP contribution in [-0.2, 0) is 34.3 Å². The Balaban J connectivity index is 1.51. The van der Waals surface area contributed by atoms with Crippen molar-refractivity contribution >= 4 is 17.2 Å². The van der Waals surface area contributed by atoms with Crippen LogP contribution in [0.2, 0.25) is 0 Å². The van der Waals surface area contributed by atoms with Crippen molar-refractivity contribution in [3.8, 4) is 0 Å². The van der Waals surface area contributed by atoms with Crippen LogP contribution in [0.25, 0.3) is 10.9 Å². The summed E-state index contributed by atoms with van der Waals surface area (Å²) in [5.41, 5.74) is 5.51. The van der Waals surface area contributed by atoms with Crippen LogP contribution in [0.15, 0.2) is 54.6 Å². The predicted molar refractivity (Wildman–Crippen MR) is 132 cm³/mol. The number of para-hydroxylation sites is 1. The molecule has 0 N–H and O–H groups in total. The fraction of sp³-hybridized carbons (Fsp3) is 0.483. The number of piperidine rings is 1. The molecule has 3 aromatic rings. The second kappa shape index (κ2) is 8.95. The van der Waals surface area contributed by atoms with Crippen molar-refractivity contribution < 1.29 is 14.3 Å². The quantitative estimate of drug-likeness (QED) is 0.494. The fourth-order valence-electron chi connectivity index (χ4n) is 7.11. The van der Waals surface area contributed by atoms with Crippen molar-refractivity contribution in [2.45, 2.75) is 51.1 Å². The Kier molecular flexibility index (Phi) is 5.80. The van der Waals surface area contributed by atoms with Gasteiger partial charge in [0.15, 0.2) is 6.29 Å². The van der Waals surface area contributed by atoms with E-state index in [1.807, 2.05) is 0 Å². The molecule has 2 aromatic carbocycles. The average Bonchev–Trinajstić information content (AvgIpc) is 3.49. The molecule has 2 fully saturated rings. The topological polar surface area (TPSA) is 43.7 Å². The van der Waals surface area contributed by atoms with Gasteiger partial charge in [-0.05, 0) is 42.4 Å². The number of ether oxygens (including phenoxy) is 2. The summed E-state index contributed by atoms with van der Waals surface area (Å²) >= 11 is 0. The van der Waals surface area contributed by atoms with Crippen molar-refractivity contribution in [2.24, 2.45) is 24.8 Å². The molecule has 34 heavy (non-hydrogen) atoms. The highest BCUT2D eigenvalue weighted by Crippen LogP contribution is 2.53. The molecule has 6 rings (SSSR count). The van der Waals surface area contributed by atoms with Crippen LogP contribution in [0.4, 0.5) is 0 Å². The first-order valence-corrected chi connectivity index (χ1v) is 12.8. The summed E-state index contributed by atoms with van der Waals surface area (Å²) in [6.07, 6.45) is 3.72. The Morgan fingerprint density at radius 1 is 1.06 bits per heavy atom. The van der Waals surface area contributed by atoms with Gasteiger partial charge in [-0.25, -0.2) is 0 Å². The number of aromatic nitrogens is 1. The number of hydrogen-bond acceptors (Lipinski definition) is 4. The summed E-state index contributed by atoms with van der Waals surface area (Å²) in [5.74, 6) is 0.446. The number of rotatable bonds is 6. The van der Waals surface area contributed by atoms with Crippen LogP contribution in [0.3, 0.4) is 0 Å². The average molecular weight is 459 g/mol. The maximum atomic E-state index is 12.2. The fourth-order valence-corrected chi connectivity index (χ4v) is 7.11. The monoisotopic (exact) mass is 458 g/mol. The number of hydrogen-bond donors (Lipinski definition) is 0. The lowest BCUT2D eigenvalue weighted by molar-refractivity contribution is -0.165. The maximum Gasteiger partial charge on any atom is 0.162 e. The van der Waals surface area contributed by atoms with Gasteiger partial charge in [-0.15, -0.1) is 0 Å². The van der Waals surface area contributed by atoms with Crippen LogP contribution in [0.1, 0.15) is 42.6 Å². The van der Waals surface area contributed by atoms with Crippen LogP contribution in [0, 0.1) is 17.8 Å². The summed E-state index contributed by atoms with van der Waals surface area (Å²) in [6, 6.07) is 20.1. The highest BCUT2D eigenvalue weighted by molar-refractivity contribution is 5.86. The minimum absolute atomic E-state index is 0.0258. The third-order valence-electron chi connectivity index (χ3n) is 8.62. The first-order valence-electron chi connectivity index (χ1n) is 12.8. The van der Waals surface area contributed by atoms with E-state index in [9.17, 15) is 4.79 Å². The molecule has 0 spiro atoms. The molecular weight excluding hydrogens is 424 g/mol. The molecule has 5 nitrogen and oxygen atoms in total. The molecular formula is C29H34N2O3. The van der Waals surface area contributed by atoms with E-state index < -0.39 is 0 Å². The smallest absolute Gasteiger partial charge is 0.162 e. The van der Waals surface area contributed by atoms with Gasteiger partial charge in [0.2, 0.25) is 0 Å². The van der Waals surface area contributed by atoms with Crippen LogP contribution < -0.4 is 0 Å². The standard InChI is InChI=1S/C29H34N2O3/c1-3-20(18-32)22-15-26-28-23(21-11-7-8-12-24(21)30(28)2)16-25(27(22)29-33-13-14-34-29)31(26)17-19-9-5-4-6-10-19/h4-12,18,20,22,25-27,29H,3,13-17H2,1-2H3/t20-,22?,25-,26-,27+/m1/s1. The van der Waals surface area contributed by atoms with Gasteiger partial charge in [0.25, 0.3) is 0 Å². The number of aryl methyl sites for hydroxylation is 1. The highest BCUT2D eigenvalue weighted by Gasteiger charge is 2.53. The third-order valence-corrected chi connectivity index (χ3v) is 8.62. The van der Waals surface area contributed by atoms with E-state index in [2.05, 4.69) is 78.0 Å². The normalized spacial score (nSPS) is 28.2. The summed E-state index contributed by atoms with van der Waals surface area (Å²) in [4.78, 5) is 14.9. The third kappa shape index (κ3) is 3.44. The molecule has 5 heteroatoms. The maximum absolute atomic E-state index is 12.2. The van der Waals surface area contributed by atoms with Gasteiger partial charge in [-0.1, -0.05) is 55.5 Å². The van der Waals surface area contributed by atoms with E-state index in [4.69, 9.17) is 9.47 Å². The van der Waals surface area contributed by atoms with Gasteiger partial charge < -0.3 is 18.8 Å². The first-order chi connectivity index (χ1) is 16.7. The second-order valence-corrected chi connectivity index (χ2v) is 10.2. The molecule has 0 radical (unpaired) electrons. The molecule has 2 bridgehead atoms. The van der Waals surface area contributed by atoms with E-state index >= 15 is 0 Å². The van der Waals surface area contributed by atoms with Gasteiger partial charge in [0, 0.05) is 48.1 Å². The Morgan fingerprint density at radius 3 is 2.53 bits per heavy atom. The lowest BCUT2D eigenvalue weighted by atomic mass is 9.65. The minimum atomic E-state index is -0.236. The highest BCUT2D eigenvalue weighted by atomic mass is 16.7. The Hall–Kier alpha value is -2.47. The molecule has 2 saturated heterocycles. The molecule has 1 unspecified atom stereocenters. The summed E-state index contributed by atoms with van der Waals surface area (Å²) in [5, 5.41) is 1.36. The van der Waals surface area contributed by atoms with E-state index in [0.29, 0.717) is 13.2 Å². The summed E-state index contributed by atoms with van der Waals surface area (Å²) in [7, 11) is 2.21. The van der Waals surface area contributed by atoms with Crippen LogP contribution in [-0.4, -0.2) is 41.3 Å². The van der Waals surface area contributed by atoms with Crippen molar-refractivity contribution in [2.75, 3.05) is 13.2 Å². The van der Waals surface area contributed by atoms with Crippen molar-refractivity contribution in [3.05, 3.63) is 71.4 Å². The lowest BCUT2D eigenvalue weighted by Crippen LogP contribution is -2.58. The van der Waals surface area contributed by atoms with Crippen molar-refractivity contribution in [1.82, 2.24) is 9.47 Å². The molecule has 3 aliphatic heterocycles. The lowest BCUT2D eigenvalue weighted by Gasteiger charge is -2.55.